The lowest BCUT2D eigenvalue weighted by atomic mass is 9.50. The molecule has 2 bridgehead atoms. The van der Waals surface area contributed by atoms with Gasteiger partial charge in [0.2, 0.25) is 5.91 Å². The molecule has 1 amide bonds. The van der Waals surface area contributed by atoms with E-state index in [2.05, 4.69) is 16.7 Å². The topological polar surface area (TPSA) is 79.3 Å². The fourth-order valence-corrected chi connectivity index (χ4v) is 9.98. The van der Waals surface area contributed by atoms with Crippen LogP contribution in [-0.4, -0.2) is 64.6 Å². The van der Waals surface area contributed by atoms with Crippen LogP contribution in [0.1, 0.15) is 115 Å². The molecule has 7 nitrogen and oxygen atoms in total. The van der Waals surface area contributed by atoms with Crippen LogP contribution in [0.2, 0.25) is 0 Å². The molecule has 7 rings (SSSR count). The average molecular weight is 579 g/mol. The number of unbranched alkanes of at least 4 members (excludes halogenated alkanes) is 1. The smallest absolute Gasteiger partial charge is 0.308 e. The third kappa shape index (κ3) is 4.82. The van der Waals surface area contributed by atoms with Gasteiger partial charge in [-0.15, -0.1) is 0 Å². The number of phenols is 1. The predicted octanol–water partition coefficient (Wildman–Crippen LogP) is 6.12. The van der Waals surface area contributed by atoms with Crippen molar-refractivity contribution in [1.29, 1.82) is 0 Å². The maximum absolute atomic E-state index is 13.8. The van der Waals surface area contributed by atoms with Crippen molar-refractivity contribution in [2.75, 3.05) is 19.6 Å². The first-order valence-electron chi connectivity index (χ1n) is 17.2. The molecule has 4 fully saturated rings. The van der Waals surface area contributed by atoms with Crippen molar-refractivity contribution in [3.8, 4) is 17.2 Å². The Hall–Kier alpha value is -2.28. The van der Waals surface area contributed by atoms with Gasteiger partial charge < -0.3 is 19.5 Å². The number of likely N-dealkylation sites (N-methyl/N-ethyl adjacent to an activating group) is 1. The van der Waals surface area contributed by atoms with Gasteiger partial charge in [0, 0.05) is 55.1 Å². The third-order valence-corrected chi connectivity index (χ3v) is 12.0. The number of nitrogens with zero attached hydrogens (tertiary/aromatic N) is 2. The van der Waals surface area contributed by atoms with Gasteiger partial charge in [0.25, 0.3) is 0 Å². The van der Waals surface area contributed by atoms with E-state index in [4.69, 9.17) is 9.47 Å². The molecule has 1 aromatic rings. The van der Waals surface area contributed by atoms with Crippen LogP contribution in [-0.2, 0) is 21.4 Å². The molecule has 3 saturated carbocycles. The van der Waals surface area contributed by atoms with Crippen molar-refractivity contribution in [3.63, 3.8) is 0 Å². The number of carbonyl (C=O) groups is 2. The Morgan fingerprint density at radius 3 is 2.64 bits per heavy atom. The van der Waals surface area contributed by atoms with Crippen LogP contribution in [0, 0.1) is 17.8 Å². The lowest BCUT2D eigenvalue weighted by molar-refractivity contribution is -0.142. The number of rotatable bonds is 10. The molecular formula is C35H50N2O5. The van der Waals surface area contributed by atoms with Crippen molar-refractivity contribution >= 4 is 11.9 Å². The molecule has 1 aromatic carbocycles. The summed E-state index contributed by atoms with van der Waals surface area (Å²) in [5.74, 6) is 3.11. The highest BCUT2D eigenvalue weighted by atomic mass is 16.6. The molecule has 0 unspecified atom stereocenters. The minimum absolute atomic E-state index is 0.0154. The van der Waals surface area contributed by atoms with Crippen LogP contribution >= 0.6 is 0 Å². The zero-order chi connectivity index (χ0) is 29.0. The highest BCUT2D eigenvalue weighted by Gasteiger charge is 2.67. The van der Waals surface area contributed by atoms with Gasteiger partial charge in [-0.3, -0.25) is 14.5 Å². The lowest BCUT2D eigenvalue weighted by Crippen LogP contribution is -2.69. The molecule has 230 valence electrons. The molecule has 6 aliphatic rings. The zero-order valence-corrected chi connectivity index (χ0v) is 25.7. The van der Waals surface area contributed by atoms with E-state index < -0.39 is 5.97 Å². The number of esters is 1. The van der Waals surface area contributed by atoms with E-state index >= 15 is 0 Å². The Labute approximate surface area is 251 Å². The molecule has 1 saturated heterocycles. The van der Waals surface area contributed by atoms with Gasteiger partial charge >= 0.3 is 5.97 Å². The molecule has 0 aromatic heterocycles. The fraction of sp³-hybridized carbons (Fsp3) is 0.771. The monoisotopic (exact) mass is 578 g/mol. The first kappa shape index (κ1) is 28.5. The number of carbonyl (C=O) groups excluding carboxylic acids is 2. The standard InChI is InChI=1S/C35H50N2O5/c1-3-37(31(40)12-8-7-11-23-9-5-4-6-10-23)27-16-15-26-28-19-25-29(39)20-30(41-22(2)38)33-32(25)35(26,34(27)42-33)17-18-36(28)21-24-13-14-24/h20,23-24,26-28,34,39H,3-19,21H2,1-2H3/t26-,27-,28+,34-,35-/m0/s1. The second-order valence-corrected chi connectivity index (χ2v) is 14.4. The van der Waals surface area contributed by atoms with E-state index in [1.54, 1.807) is 6.07 Å². The van der Waals surface area contributed by atoms with Gasteiger partial charge in [-0.05, 0) is 76.2 Å². The van der Waals surface area contributed by atoms with Crippen molar-refractivity contribution < 1.29 is 24.2 Å². The quantitative estimate of drug-likeness (QED) is 0.205. The number of aromatic hydroxyl groups is 1. The number of benzene rings is 1. The number of hydrogen-bond acceptors (Lipinski definition) is 6. The maximum atomic E-state index is 13.8. The van der Waals surface area contributed by atoms with Gasteiger partial charge in [0.1, 0.15) is 11.9 Å². The summed E-state index contributed by atoms with van der Waals surface area (Å²) in [5.41, 5.74) is 1.79. The molecular weight excluding hydrogens is 528 g/mol. The summed E-state index contributed by atoms with van der Waals surface area (Å²) in [7, 11) is 0. The van der Waals surface area contributed by atoms with E-state index in [9.17, 15) is 14.7 Å². The minimum atomic E-state index is -0.416. The minimum Gasteiger partial charge on any atom is -0.508 e. The fourth-order valence-electron chi connectivity index (χ4n) is 9.98. The summed E-state index contributed by atoms with van der Waals surface area (Å²) in [6, 6.07) is 1.95. The highest BCUT2D eigenvalue weighted by molar-refractivity contribution is 5.77. The number of hydrogen-bond donors (Lipinski definition) is 1. The van der Waals surface area contributed by atoms with Crippen molar-refractivity contribution in [2.24, 2.45) is 17.8 Å². The molecule has 1 spiro atoms. The number of piperidine rings is 1. The highest BCUT2D eigenvalue weighted by Crippen LogP contribution is 2.66. The summed E-state index contributed by atoms with van der Waals surface area (Å²) in [4.78, 5) is 30.7. The van der Waals surface area contributed by atoms with Gasteiger partial charge in [-0.2, -0.15) is 0 Å². The Morgan fingerprint density at radius 2 is 1.90 bits per heavy atom. The Bertz CT molecular complexity index is 1210. The van der Waals surface area contributed by atoms with Crippen LogP contribution in [0.3, 0.4) is 0 Å². The van der Waals surface area contributed by atoms with E-state index in [-0.39, 0.29) is 29.2 Å². The summed E-state index contributed by atoms with van der Waals surface area (Å²) in [6.45, 7) is 6.35. The predicted molar refractivity (Wildman–Crippen MR) is 161 cm³/mol. The van der Waals surface area contributed by atoms with Crippen LogP contribution in [0.15, 0.2) is 6.07 Å². The summed E-state index contributed by atoms with van der Waals surface area (Å²) in [6.07, 6.45) is 17.1. The maximum Gasteiger partial charge on any atom is 0.308 e. The molecule has 5 atom stereocenters. The van der Waals surface area contributed by atoms with Crippen LogP contribution < -0.4 is 9.47 Å². The van der Waals surface area contributed by atoms with Gasteiger partial charge in [0.15, 0.2) is 11.5 Å². The molecule has 0 radical (unpaired) electrons. The number of phenolic OH excluding ortho intramolecular Hbond substituents is 1. The molecule has 2 aliphatic heterocycles. The van der Waals surface area contributed by atoms with Crippen LogP contribution in [0.5, 0.6) is 17.2 Å². The van der Waals surface area contributed by atoms with Crippen molar-refractivity contribution in [3.05, 3.63) is 17.2 Å². The van der Waals surface area contributed by atoms with Crippen molar-refractivity contribution in [2.45, 2.75) is 134 Å². The number of amides is 1. The molecule has 4 aliphatic carbocycles. The Balaban J connectivity index is 1.16. The van der Waals surface area contributed by atoms with Crippen LogP contribution in [0.4, 0.5) is 0 Å². The molecule has 1 N–H and O–H groups in total. The van der Waals surface area contributed by atoms with E-state index in [1.165, 1.54) is 58.3 Å². The lowest BCUT2D eigenvalue weighted by Gasteiger charge is -2.60. The van der Waals surface area contributed by atoms with Gasteiger partial charge in [0.05, 0.1) is 6.04 Å². The van der Waals surface area contributed by atoms with E-state index in [1.807, 2.05) is 0 Å². The third-order valence-electron chi connectivity index (χ3n) is 12.0. The van der Waals surface area contributed by atoms with Gasteiger partial charge in [-0.25, -0.2) is 0 Å². The SMILES string of the molecule is CCN(C(=O)CCCCC1CCCCC1)[C@H]1CC[C@H]2[C@H]3Cc4c(O)cc(OC(C)=O)c5c4[C@@]2(CCN3CC2CC2)[C@H]1O5. The summed E-state index contributed by atoms with van der Waals surface area (Å²) < 4.78 is 12.6. The largest absolute Gasteiger partial charge is 0.508 e. The first-order chi connectivity index (χ1) is 20.4. The summed E-state index contributed by atoms with van der Waals surface area (Å²) in [5, 5.41) is 11.3. The number of likely N-dealkylation sites (tertiary alicyclic amines) is 1. The first-order valence-corrected chi connectivity index (χ1v) is 17.2. The Kier molecular flexibility index (Phi) is 7.69. The van der Waals surface area contributed by atoms with E-state index in [0.29, 0.717) is 36.4 Å². The number of ether oxygens (including phenoxy) is 2. The molecule has 2 heterocycles. The average Bonchev–Trinajstić information content (AvgIpc) is 3.73. The zero-order valence-electron chi connectivity index (χ0n) is 25.7. The molecule has 42 heavy (non-hydrogen) atoms. The van der Waals surface area contributed by atoms with E-state index in [0.717, 1.165) is 74.6 Å². The molecule has 7 heteroatoms. The Morgan fingerprint density at radius 1 is 1.10 bits per heavy atom. The van der Waals surface area contributed by atoms with Crippen molar-refractivity contribution in [1.82, 2.24) is 9.80 Å². The summed E-state index contributed by atoms with van der Waals surface area (Å²) >= 11 is 0. The van der Waals surface area contributed by atoms with Gasteiger partial charge in [-0.1, -0.05) is 44.9 Å². The van der Waals surface area contributed by atoms with Crippen LogP contribution in [0.25, 0.3) is 0 Å². The normalized spacial score (nSPS) is 31.8. The second kappa shape index (κ2) is 11.3. The second-order valence-electron chi connectivity index (χ2n) is 14.4.